The van der Waals surface area contributed by atoms with Crippen molar-refractivity contribution in [1.29, 1.82) is 0 Å². The minimum atomic E-state index is -0.710. The summed E-state index contributed by atoms with van der Waals surface area (Å²) in [5.41, 5.74) is 5.48. The second-order valence-electron chi connectivity index (χ2n) is 6.75. The van der Waals surface area contributed by atoms with Gasteiger partial charge in [-0.3, -0.25) is 9.69 Å². The molecule has 122 valence electrons. The highest BCUT2D eigenvalue weighted by atomic mass is 16.5. The van der Waals surface area contributed by atoms with Crippen LogP contribution in [0, 0.1) is 0 Å². The molecule has 0 bridgehead atoms. The molecule has 2 aliphatic heterocycles. The molecule has 2 atom stereocenters. The third-order valence-corrected chi connectivity index (χ3v) is 4.62. The Bertz CT molecular complexity index is 340. The Balaban J connectivity index is 1.83. The van der Waals surface area contributed by atoms with E-state index in [1.165, 1.54) is 12.8 Å². The number of rotatable bonds is 5. The monoisotopic (exact) mass is 297 g/mol. The van der Waals surface area contributed by atoms with Gasteiger partial charge in [-0.2, -0.15) is 0 Å². The van der Waals surface area contributed by atoms with Crippen LogP contribution in [0.15, 0.2) is 0 Å². The van der Waals surface area contributed by atoms with Crippen LogP contribution in [0.2, 0.25) is 0 Å². The quantitative estimate of drug-likeness (QED) is 0.829. The summed E-state index contributed by atoms with van der Waals surface area (Å²) in [6, 6.07) is 0. The maximum absolute atomic E-state index is 12.6. The summed E-state index contributed by atoms with van der Waals surface area (Å²) < 4.78 is 5.71. The number of nitrogens with two attached hydrogens (primary N) is 1. The summed E-state index contributed by atoms with van der Waals surface area (Å²) in [5.74, 6) is 0.114. The van der Waals surface area contributed by atoms with E-state index in [4.69, 9.17) is 10.5 Å². The highest BCUT2D eigenvalue weighted by molar-refractivity contribution is 5.85. The molecule has 5 heteroatoms. The molecule has 2 rings (SSSR count). The van der Waals surface area contributed by atoms with E-state index in [1.54, 1.807) is 0 Å². The van der Waals surface area contributed by atoms with Gasteiger partial charge in [-0.25, -0.2) is 0 Å². The number of ether oxygens (including phenoxy) is 1. The van der Waals surface area contributed by atoms with Crippen molar-refractivity contribution in [2.75, 3.05) is 39.3 Å². The molecule has 0 spiro atoms. The summed E-state index contributed by atoms with van der Waals surface area (Å²) in [5, 5.41) is 0. The molecule has 2 N–H and O–H groups in total. The van der Waals surface area contributed by atoms with Crippen molar-refractivity contribution in [3.8, 4) is 0 Å². The highest BCUT2D eigenvalue weighted by Crippen LogP contribution is 2.17. The maximum Gasteiger partial charge on any atom is 0.242 e. The number of carbonyl (C=O) groups excluding carboxylic acids is 1. The Kier molecular flexibility index (Phi) is 6.02. The van der Waals surface area contributed by atoms with Crippen molar-refractivity contribution in [2.24, 2.45) is 5.73 Å². The number of nitrogens with zero attached hydrogens (tertiary/aromatic N) is 2. The lowest BCUT2D eigenvalue weighted by Crippen LogP contribution is -2.54. The molecule has 2 fully saturated rings. The Labute approximate surface area is 128 Å². The minimum absolute atomic E-state index is 0.114. The van der Waals surface area contributed by atoms with E-state index in [9.17, 15) is 4.79 Å². The predicted molar refractivity (Wildman–Crippen MR) is 84.1 cm³/mol. The van der Waals surface area contributed by atoms with Gasteiger partial charge in [0.25, 0.3) is 0 Å². The number of hydrogen-bond acceptors (Lipinski definition) is 4. The Morgan fingerprint density at radius 1 is 1.29 bits per heavy atom. The van der Waals surface area contributed by atoms with Gasteiger partial charge in [0.15, 0.2) is 0 Å². The van der Waals surface area contributed by atoms with Gasteiger partial charge in [0.05, 0.1) is 11.6 Å². The van der Waals surface area contributed by atoms with Crippen LogP contribution in [-0.4, -0.2) is 66.7 Å². The van der Waals surface area contributed by atoms with Gasteiger partial charge in [0.2, 0.25) is 5.91 Å². The van der Waals surface area contributed by atoms with Crippen molar-refractivity contribution in [3.63, 3.8) is 0 Å². The van der Waals surface area contributed by atoms with Crippen LogP contribution in [-0.2, 0) is 9.53 Å². The number of carbonyl (C=O) groups is 1. The lowest BCUT2D eigenvalue weighted by atomic mass is 9.95. The van der Waals surface area contributed by atoms with E-state index in [0.29, 0.717) is 6.10 Å². The first-order valence-corrected chi connectivity index (χ1v) is 8.45. The Morgan fingerprint density at radius 2 is 2.10 bits per heavy atom. The van der Waals surface area contributed by atoms with Crippen molar-refractivity contribution in [1.82, 2.24) is 9.80 Å². The molecule has 21 heavy (non-hydrogen) atoms. The number of hydrogen-bond donors (Lipinski definition) is 1. The van der Waals surface area contributed by atoms with E-state index in [0.717, 1.165) is 58.6 Å². The summed E-state index contributed by atoms with van der Waals surface area (Å²) in [4.78, 5) is 17.0. The molecule has 0 aromatic rings. The molecule has 2 aliphatic rings. The van der Waals surface area contributed by atoms with Gasteiger partial charge in [-0.05, 0) is 39.2 Å². The smallest absolute Gasteiger partial charge is 0.242 e. The minimum Gasteiger partial charge on any atom is -0.377 e. The standard InChI is InChI=1S/C16H31N3O2/c1-3-7-16(2,17)15(20)19-9-5-8-18(10-11-19)13-14-6-4-12-21-14/h14H,3-13,17H2,1-2H3. The lowest BCUT2D eigenvalue weighted by Gasteiger charge is -2.31. The second-order valence-corrected chi connectivity index (χ2v) is 6.75. The summed E-state index contributed by atoms with van der Waals surface area (Å²) in [6.45, 7) is 9.48. The fourth-order valence-corrected chi connectivity index (χ4v) is 3.42. The third-order valence-electron chi connectivity index (χ3n) is 4.62. The summed E-state index contributed by atoms with van der Waals surface area (Å²) in [6.07, 6.45) is 5.48. The molecule has 2 unspecified atom stereocenters. The van der Waals surface area contributed by atoms with Gasteiger partial charge in [0.1, 0.15) is 0 Å². The zero-order valence-corrected chi connectivity index (χ0v) is 13.6. The van der Waals surface area contributed by atoms with Crippen LogP contribution in [0.1, 0.15) is 46.0 Å². The molecule has 2 heterocycles. The second kappa shape index (κ2) is 7.56. The van der Waals surface area contributed by atoms with Crippen molar-refractivity contribution < 1.29 is 9.53 Å². The molecule has 0 aromatic heterocycles. The molecule has 0 aromatic carbocycles. The molecule has 1 amide bonds. The highest BCUT2D eigenvalue weighted by Gasteiger charge is 2.32. The molecular weight excluding hydrogens is 266 g/mol. The fraction of sp³-hybridized carbons (Fsp3) is 0.938. The van der Waals surface area contributed by atoms with Gasteiger partial charge in [0, 0.05) is 32.8 Å². The first kappa shape index (κ1) is 16.7. The molecule has 0 aliphatic carbocycles. The Morgan fingerprint density at radius 3 is 2.76 bits per heavy atom. The molecule has 5 nitrogen and oxygen atoms in total. The molecule has 0 radical (unpaired) electrons. The van der Waals surface area contributed by atoms with Gasteiger partial charge < -0.3 is 15.4 Å². The lowest BCUT2D eigenvalue weighted by molar-refractivity contribution is -0.136. The van der Waals surface area contributed by atoms with Crippen LogP contribution in [0.3, 0.4) is 0 Å². The molecular formula is C16H31N3O2. The van der Waals surface area contributed by atoms with Crippen LogP contribution in [0.5, 0.6) is 0 Å². The van der Waals surface area contributed by atoms with Crippen molar-refractivity contribution in [3.05, 3.63) is 0 Å². The van der Waals surface area contributed by atoms with E-state index >= 15 is 0 Å². The third kappa shape index (κ3) is 4.66. The van der Waals surface area contributed by atoms with Crippen LogP contribution in [0.4, 0.5) is 0 Å². The van der Waals surface area contributed by atoms with Crippen molar-refractivity contribution in [2.45, 2.75) is 57.6 Å². The molecule has 0 saturated carbocycles. The maximum atomic E-state index is 12.6. The topological polar surface area (TPSA) is 58.8 Å². The number of amides is 1. The van der Waals surface area contributed by atoms with E-state index in [-0.39, 0.29) is 5.91 Å². The van der Waals surface area contributed by atoms with Gasteiger partial charge in [-0.1, -0.05) is 13.3 Å². The van der Waals surface area contributed by atoms with Crippen LogP contribution >= 0.6 is 0 Å². The normalized spacial score (nSPS) is 27.4. The molecule has 2 saturated heterocycles. The van der Waals surface area contributed by atoms with E-state index in [1.807, 2.05) is 11.8 Å². The zero-order chi connectivity index (χ0) is 15.3. The average Bonchev–Trinajstić information content (AvgIpc) is 2.83. The SMILES string of the molecule is CCCC(C)(N)C(=O)N1CCCN(CC2CCCO2)CC1. The summed E-state index contributed by atoms with van der Waals surface area (Å²) in [7, 11) is 0. The predicted octanol–water partition coefficient (Wildman–Crippen LogP) is 1.22. The van der Waals surface area contributed by atoms with E-state index < -0.39 is 5.54 Å². The van der Waals surface area contributed by atoms with Crippen LogP contribution in [0.25, 0.3) is 0 Å². The van der Waals surface area contributed by atoms with Gasteiger partial charge in [-0.15, -0.1) is 0 Å². The first-order chi connectivity index (χ1) is 10.0. The largest absolute Gasteiger partial charge is 0.377 e. The zero-order valence-electron chi connectivity index (χ0n) is 13.6. The van der Waals surface area contributed by atoms with Gasteiger partial charge >= 0.3 is 0 Å². The summed E-state index contributed by atoms with van der Waals surface area (Å²) >= 11 is 0. The average molecular weight is 297 g/mol. The van der Waals surface area contributed by atoms with E-state index in [2.05, 4.69) is 11.8 Å². The Hall–Kier alpha value is -0.650. The fourth-order valence-electron chi connectivity index (χ4n) is 3.42. The van der Waals surface area contributed by atoms with Crippen LogP contribution < -0.4 is 5.73 Å². The first-order valence-electron chi connectivity index (χ1n) is 8.45. The van der Waals surface area contributed by atoms with Crippen molar-refractivity contribution >= 4 is 5.91 Å².